The Balaban J connectivity index is 1.81. The second-order valence-electron chi connectivity index (χ2n) is 7.52. The summed E-state index contributed by atoms with van der Waals surface area (Å²) in [7, 11) is 0. The number of amides is 2. The Labute approximate surface area is 153 Å². The molecule has 2 amide bonds. The number of carbonyl (C=O) groups is 2. The summed E-state index contributed by atoms with van der Waals surface area (Å²) in [6.07, 6.45) is 1.75. The molecule has 2 aromatic carbocycles. The second kappa shape index (κ2) is 5.59. The first-order chi connectivity index (χ1) is 12.4. The Morgan fingerprint density at radius 3 is 1.54 bits per heavy atom. The number of rotatable bonds is 4. The molecular weight excluding hydrogens is 326 g/mol. The molecule has 2 heterocycles. The van der Waals surface area contributed by atoms with Crippen molar-refractivity contribution < 1.29 is 9.59 Å². The van der Waals surface area contributed by atoms with Crippen LogP contribution in [0.1, 0.15) is 37.3 Å². The predicted octanol–water partition coefficient (Wildman–Crippen LogP) is 2.60. The first kappa shape index (κ1) is 16.6. The molecule has 5 rings (SSSR count). The Hall–Kier alpha value is -2.82. The summed E-state index contributed by atoms with van der Waals surface area (Å²) in [5.41, 5.74) is 13.6. The number of nitrogens with zero attached hydrogens (tertiary/aromatic N) is 1. The van der Waals surface area contributed by atoms with E-state index in [4.69, 9.17) is 11.5 Å². The standard InChI is InChI=1S/C21H23N3O2/c1-2-11-24-18(25)20(14-3-7-16(22)8-4-14)12-21(13-20,19(24)26)15-5-9-17(23)10-6-15/h3-10H,2,11-13,22-23H2,1H3. The molecule has 0 aromatic heterocycles. The van der Waals surface area contributed by atoms with Crippen LogP contribution in [0, 0.1) is 0 Å². The zero-order valence-electron chi connectivity index (χ0n) is 14.9. The number of benzene rings is 2. The van der Waals surface area contributed by atoms with Gasteiger partial charge in [-0.1, -0.05) is 31.2 Å². The fraction of sp³-hybridized carbons (Fsp3) is 0.333. The molecule has 2 aromatic rings. The lowest BCUT2D eigenvalue weighted by Crippen LogP contribution is -2.73. The minimum Gasteiger partial charge on any atom is -0.399 e. The van der Waals surface area contributed by atoms with E-state index in [9.17, 15) is 9.59 Å². The molecule has 2 aliphatic heterocycles. The third kappa shape index (κ3) is 2.09. The number of imide groups is 1. The molecular formula is C21H23N3O2. The van der Waals surface area contributed by atoms with E-state index >= 15 is 0 Å². The van der Waals surface area contributed by atoms with Crippen molar-refractivity contribution in [3.8, 4) is 0 Å². The highest BCUT2D eigenvalue weighted by molar-refractivity contribution is 6.12. The molecule has 4 N–H and O–H groups in total. The van der Waals surface area contributed by atoms with Gasteiger partial charge in [-0.2, -0.15) is 0 Å². The SMILES string of the molecule is CCCN1C(=O)C2(c3ccc(N)cc3)CC(c3ccc(N)cc3)(C2)C1=O. The summed E-state index contributed by atoms with van der Waals surface area (Å²) >= 11 is 0. The van der Waals surface area contributed by atoms with Crippen molar-refractivity contribution in [3.05, 3.63) is 59.7 Å². The fourth-order valence-electron chi connectivity index (χ4n) is 4.58. The molecule has 0 unspecified atom stereocenters. The van der Waals surface area contributed by atoms with Gasteiger partial charge in [0, 0.05) is 17.9 Å². The summed E-state index contributed by atoms with van der Waals surface area (Å²) in [6, 6.07) is 14.9. The average Bonchev–Trinajstić information content (AvgIpc) is 2.60. The molecule has 0 radical (unpaired) electrons. The lowest BCUT2D eigenvalue weighted by Gasteiger charge is -2.61. The van der Waals surface area contributed by atoms with Crippen molar-refractivity contribution >= 4 is 23.2 Å². The predicted molar refractivity (Wildman–Crippen MR) is 101 cm³/mol. The van der Waals surface area contributed by atoms with Crippen molar-refractivity contribution in [3.63, 3.8) is 0 Å². The maximum Gasteiger partial charge on any atom is 0.239 e. The number of hydrogen-bond donors (Lipinski definition) is 2. The van der Waals surface area contributed by atoms with Gasteiger partial charge in [-0.15, -0.1) is 0 Å². The van der Waals surface area contributed by atoms with E-state index in [1.807, 2.05) is 55.5 Å². The molecule has 5 heteroatoms. The third-order valence-corrected chi connectivity index (χ3v) is 5.89. The minimum atomic E-state index is -0.641. The van der Waals surface area contributed by atoms with Crippen LogP contribution in [-0.4, -0.2) is 23.3 Å². The number of anilines is 2. The Morgan fingerprint density at radius 1 is 0.808 bits per heavy atom. The molecule has 5 nitrogen and oxygen atoms in total. The van der Waals surface area contributed by atoms with Crippen LogP contribution in [0.5, 0.6) is 0 Å². The normalized spacial score (nSPS) is 27.3. The van der Waals surface area contributed by atoms with E-state index in [1.54, 1.807) is 0 Å². The smallest absolute Gasteiger partial charge is 0.239 e. The summed E-state index contributed by atoms with van der Waals surface area (Å²) in [6.45, 7) is 2.43. The van der Waals surface area contributed by atoms with Crippen LogP contribution in [0.15, 0.2) is 48.5 Å². The van der Waals surface area contributed by atoms with Crippen LogP contribution in [-0.2, 0) is 20.4 Å². The summed E-state index contributed by atoms with van der Waals surface area (Å²) < 4.78 is 0. The quantitative estimate of drug-likeness (QED) is 0.656. The summed E-state index contributed by atoms with van der Waals surface area (Å²) in [4.78, 5) is 28.0. The lowest BCUT2D eigenvalue weighted by molar-refractivity contribution is -0.172. The maximum absolute atomic E-state index is 13.3. The molecule has 0 atom stereocenters. The van der Waals surface area contributed by atoms with Crippen LogP contribution in [0.25, 0.3) is 0 Å². The van der Waals surface area contributed by atoms with E-state index in [2.05, 4.69) is 0 Å². The maximum atomic E-state index is 13.3. The van der Waals surface area contributed by atoms with E-state index in [0.29, 0.717) is 30.8 Å². The van der Waals surface area contributed by atoms with E-state index in [-0.39, 0.29) is 11.8 Å². The number of piperidine rings is 2. The Kier molecular flexibility index (Phi) is 3.58. The van der Waals surface area contributed by atoms with Crippen molar-refractivity contribution in [1.29, 1.82) is 0 Å². The summed E-state index contributed by atoms with van der Waals surface area (Å²) in [5, 5.41) is 0. The van der Waals surface area contributed by atoms with Gasteiger partial charge in [0.1, 0.15) is 0 Å². The minimum absolute atomic E-state index is 0.0774. The first-order valence-electron chi connectivity index (χ1n) is 9.01. The van der Waals surface area contributed by atoms with Crippen LogP contribution < -0.4 is 11.5 Å². The van der Waals surface area contributed by atoms with E-state index in [1.165, 1.54) is 4.90 Å². The van der Waals surface area contributed by atoms with E-state index in [0.717, 1.165) is 17.5 Å². The highest BCUT2D eigenvalue weighted by Crippen LogP contribution is 2.61. The zero-order valence-corrected chi connectivity index (χ0v) is 14.9. The van der Waals surface area contributed by atoms with Gasteiger partial charge in [0.2, 0.25) is 11.8 Å². The molecule has 2 bridgehead atoms. The van der Waals surface area contributed by atoms with Crippen LogP contribution in [0.2, 0.25) is 0 Å². The van der Waals surface area contributed by atoms with Gasteiger partial charge >= 0.3 is 0 Å². The molecule has 2 saturated heterocycles. The van der Waals surface area contributed by atoms with Crippen LogP contribution in [0.4, 0.5) is 11.4 Å². The molecule has 3 aliphatic rings. The first-order valence-corrected chi connectivity index (χ1v) is 9.01. The molecule has 1 saturated carbocycles. The molecule has 1 aliphatic carbocycles. The van der Waals surface area contributed by atoms with Crippen LogP contribution in [0.3, 0.4) is 0 Å². The average molecular weight is 349 g/mol. The van der Waals surface area contributed by atoms with Gasteiger partial charge in [-0.25, -0.2) is 0 Å². The number of nitrogens with two attached hydrogens (primary N) is 2. The Bertz CT molecular complexity index is 796. The molecule has 0 spiro atoms. The fourth-order valence-corrected chi connectivity index (χ4v) is 4.58. The number of fused-ring (bicyclic) bond motifs is 2. The van der Waals surface area contributed by atoms with Crippen molar-refractivity contribution in [1.82, 2.24) is 4.90 Å². The van der Waals surface area contributed by atoms with Crippen molar-refractivity contribution in [2.45, 2.75) is 37.0 Å². The largest absolute Gasteiger partial charge is 0.399 e. The number of carbonyl (C=O) groups excluding carboxylic acids is 2. The highest BCUT2D eigenvalue weighted by Gasteiger charge is 2.70. The summed E-state index contributed by atoms with van der Waals surface area (Å²) in [5.74, 6) is -0.155. The van der Waals surface area contributed by atoms with Gasteiger partial charge < -0.3 is 11.5 Å². The van der Waals surface area contributed by atoms with Gasteiger partial charge in [0.15, 0.2) is 0 Å². The van der Waals surface area contributed by atoms with Crippen molar-refractivity contribution in [2.24, 2.45) is 0 Å². The van der Waals surface area contributed by atoms with Crippen LogP contribution >= 0.6 is 0 Å². The third-order valence-electron chi connectivity index (χ3n) is 5.89. The van der Waals surface area contributed by atoms with Gasteiger partial charge in [0.05, 0.1) is 10.8 Å². The van der Waals surface area contributed by atoms with Crippen molar-refractivity contribution in [2.75, 3.05) is 18.0 Å². The van der Waals surface area contributed by atoms with E-state index < -0.39 is 10.8 Å². The van der Waals surface area contributed by atoms with Gasteiger partial charge in [0.25, 0.3) is 0 Å². The molecule has 134 valence electrons. The number of nitrogen functional groups attached to an aromatic ring is 2. The molecule has 26 heavy (non-hydrogen) atoms. The lowest BCUT2D eigenvalue weighted by atomic mass is 9.45. The zero-order chi connectivity index (χ0) is 18.5. The number of hydrogen-bond acceptors (Lipinski definition) is 4. The van der Waals surface area contributed by atoms with Gasteiger partial charge in [-0.05, 0) is 54.7 Å². The second-order valence-corrected chi connectivity index (χ2v) is 7.52. The molecule has 3 fully saturated rings. The monoisotopic (exact) mass is 349 g/mol. The Morgan fingerprint density at radius 2 is 1.19 bits per heavy atom. The highest BCUT2D eigenvalue weighted by atomic mass is 16.2. The topological polar surface area (TPSA) is 89.4 Å². The van der Waals surface area contributed by atoms with Gasteiger partial charge in [-0.3, -0.25) is 14.5 Å².